The van der Waals surface area contributed by atoms with Crippen LogP contribution in [-0.2, 0) is 56.4 Å². The molecule has 66 heavy (non-hydrogen) atoms. The maximum absolute atomic E-state index is 14.8. The van der Waals surface area contributed by atoms with E-state index < -0.39 is 118 Å². The fourth-order valence-corrected chi connectivity index (χ4v) is 12.4. The van der Waals surface area contributed by atoms with Gasteiger partial charge in [-0.1, -0.05) is 32.9 Å². The molecule has 3 fully saturated rings. The number of methoxy groups -OCH3 is 3. The third-order valence-electron chi connectivity index (χ3n) is 14.1. The number of cyclic esters (lactones) is 1. The highest BCUT2D eigenvalue weighted by atomic mass is 28.4. The van der Waals surface area contributed by atoms with Gasteiger partial charge in [-0.25, -0.2) is 0 Å². The molecule has 0 aliphatic carbocycles. The Bertz CT molecular complexity index is 1580. The number of carbonyl (C=O) groups is 1. The van der Waals surface area contributed by atoms with Gasteiger partial charge in [-0.05, 0) is 114 Å². The smallest absolute Gasteiger partial charge is 0.311 e. The van der Waals surface area contributed by atoms with E-state index in [2.05, 4.69) is 49.3 Å². The number of carbonyl (C=O) groups excluding carboxylic acids is 1. The molecule has 0 aromatic carbocycles. The number of ether oxygens (including phenoxy) is 8. The van der Waals surface area contributed by atoms with Gasteiger partial charge in [-0.15, -0.1) is 0 Å². The van der Waals surface area contributed by atoms with E-state index in [9.17, 15) is 15.0 Å². The van der Waals surface area contributed by atoms with Crippen molar-refractivity contribution in [3.63, 3.8) is 0 Å². The van der Waals surface area contributed by atoms with Crippen LogP contribution in [0, 0.1) is 23.7 Å². The molecule has 0 radical (unpaired) electrons. The highest BCUT2D eigenvalue weighted by molar-refractivity contribution is 6.70. The average molecular weight is 979 g/mol. The van der Waals surface area contributed by atoms with Crippen LogP contribution >= 0.6 is 0 Å². The van der Waals surface area contributed by atoms with Crippen LogP contribution in [0.3, 0.4) is 0 Å². The largest absolute Gasteiger partial charge is 0.459 e. The van der Waals surface area contributed by atoms with Crippen molar-refractivity contribution in [3.05, 3.63) is 0 Å². The second-order valence-electron chi connectivity index (χ2n) is 22.9. The van der Waals surface area contributed by atoms with Crippen molar-refractivity contribution >= 4 is 28.3 Å². The van der Waals surface area contributed by atoms with Gasteiger partial charge >= 0.3 is 5.97 Å². The summed E-state index contributed by atoms with van der Waals surface area (Å²) in [5, 5.41) is 29.1. The minimum Gasteiger partial charge on any atom is -0.459 e. The first-order valence-corrected chi connectivity index (χ1v) is 31.1. The topological polar surface area (TPSA) is 175 Å². The number of rotatable bonds is 15. The Hall–Kier alpha value is -1.11. The van der Waals surface area contributed by atoms with E-state index in [-0.39, 0.29) is 31.1 Å². The number of oxime groups is 1. The van der Waals surface area contributed by atoms with Gasteiger partial charge in [0.05, 0.1) is 59.5 Å². The molecule has 1 unspecified atom stereocenters. The van der Waals surface area contributed by atoms with Gasteiger partial charge in [-0.3, -0.25) is 4.79 Å². The fraction of sp³-hybridized carbons (Fsp3) is 0.958. The first-order chi connectivity index (χ1) is 30.1. The first kappa shape index (κ1) is 59.2. The highest BCUT2D eigenvalue weighted by Crippen LogP contribution is 2.43. The second kappa shape index (κ2) is 23.0. The number of hydrogen-bond acceptors (Lipinski definition) is 16. The van der Waals surface area contributed by atoms with Crippen LogP contribution < -0.4 is 0 Å². The monoisotopic (exact) mass is 979 g/mol. The molecule has 388 valence electrons. The van der Waals surface area contributed by atoms with Crippen LogP contribution in [0.25, 0.3) is 0 Å². The normalized spacial score (nSPS) is 42.5. The zero-order valence-corrected chi connectivity index (χ0v) is 47.2. The van der Waals surface area contributed by atoms with Crippen LogP contribution in [0.2, 0.25) is 39.3 Å². The summed E-state index contributed by atoms with van der Waals surface area (Å²) in [5.74, 6) is -4.58. The summed E-state index contributed by atoms with van der Waals surface area (Å²) in [7, 11) is 4.68. The molecule has 3 heterocycles. The Labute approximate surface area is 400 Å². The summed E-state index contributed by atoms with van der Waals surface area (Å²) in [6, 6.07) is -0.0377. The van der Waals surface area contributed by atoms with Gasteiger partial charge < -0.3 is 66.7 Å². The molecule has 0 aromatic rings. The van der Waals surface area contributed by atoms with Gasteiger partial charge in [0.25, 0.3) is 0 Å². The van der Waals surface area contributed by atoms with Crippen LogP contribution in [-0.4, -0.2) is 169 Å². The molecule has 16 nitrogen and oxygen atoms in total. The quantitative estimate of drug-likeness (QED) is 0.0721. The minimum absolute atomic E-state index is 0.0377. The van der Waals surface area contributed by atoms with Crippen LogP contribution in [0.15, 0.2) is 5.16 Å². The van der Waals surface area contributed by atoms with Gasteiger partial charge in [0.2, 0.25) is 5.79 Å². The molecule has 2 N–H and O–H groups in total. The Morgan fingerprint density at radius 2 is 1.38 bits per heavy atom. The number of hydrogen-bond donors (Lipinski definition) is 2. The van der Waals surface area contributed by atoms with Crippen LogP contribution in [0.1, 0.15) is 109 Å². The SMILES string of the molecule is CCC1OC(=O)[C@H](C)[C@@H](O[C@H]2C[C@@](C)(OC)[C@@H](O[Si](C)(C)C)[C@H](C)O2)[C@H](C)[C@@H](O[C@@H]2O[C@H](C)C[C@H](N(C)C)[C@H]2O[Si](C)(C)C)[C@](C)(OC)C[C@@H](C)/C(=N/OC(C)(C)OC)[C@H](C)[C@@H](O)[C@]1(C)O. The third-order valence-corrected chi connectivity index (χ3v) is 16.0. The molecule has 3 aliphatic rings. The second-order valence-corrected chi connectivity index (χ2v) is 31.8. The van der Waals surface area contributed by atoms with Crippen molar-refractivity contribution in [2.75, 3.05) is 35.4 Å². The summed E-state index contributed by atoms with van der Waals surface area (Å²) >= 11 is 0. The summed E-state index contributed by atoms with van der Waals surface area (Å²) < 4.78 is 66.4. The van der Waals surface area contributed by atoms with Crippen molar-refractivity contribution < 1.29 is 66.6 Å². The lowest BCUT2D eigenvalue weighted by Crippen LogP contribution is -2.63. The maximum Gasteiger partial charge on any atom is 0.311 e. The summed E-state index contributed by atoms with van der Waals surface area (Å²) in [6.45, 7) is 35.1. The van der Waals surface area contributed by atoms with E-state index in [0.29, 0.717) is 12.1 Å². The molecule has 0 bridgehead atoms. The Morgan fingerprint density at radius 3 is 1.88 bits per heavy atom. The number of nitrogens with zero attached hydrogens (tertiary/aromatic N) is 2. The van der Waals surface area contributed by atoms with Crippen molar-refractivity contribution in [2.45, 2.75) is 238 Å². The number of likely N-dealkylation sites (N-methyl/N-ethyl adjacent to an activating group) is 1. The Balaban J connectivity index is 2.39. The summed E-state index contributed by atoms with van der Waals surface area (Å²) in [4.78, 5) is 23.0. The van der Waals surface area contributed by atoms with Crippen molar-refractivity contribution in [1.82, 2.24) is 4.90 Å². The van der Waals surface area contributed by atoms with Crippen molar-refractivity contribution in [3.8, 4) is 0 Å². The fourth-order valence-electron chi connectivity index (χ4n) is 10.1. The number of aliphatic hydroxyl groups is 2. The van der Waals surface area contributed by atoms with E-state index in [0.717, 1.165) is 6.42 Å². The van der Waals surface area contributed by atoms with Gasteiger partial charge in [0, 0.05) is 65.4 Å². The van der Waals surface area contributed by atoms with Crippen LogP contribution in [0.4, 0.5) is 0 Å². The van der Waals surface area contributed by atoms with E-state index in [1.807, 2.05) is 55.6 Å². The average Bonchev–Trinajstić information content (AvgIpc) is 3.20. The summed E-state index contributed by atoms with van der Waals surface area (Å²) in [6.07, 6.45) is -5.99. The van der Waals surface area contributed by atoms with E-state index >= 15 is 0 Å². The van der Waals surface area contributed by atoms with Crippen molar-refractivity contribution in [1.29, 1.82) is 0 Å². The van der Waals surface area contributed by atoms with Gasteiger partial charge in [0.15, 0.2) is 29.2 Å². The Morgan fingerprint density at radius 1 is 0.818 bits per heavy atom. The first-order valence-electron chi connectivity index (χ1n) is 24.3. The molecule has 3 rings (SSSR count). The van der Waals surface area contributed by atoms with Gasteiger partial charge in [0.1, 0.15) is 17.8 Å². The Kier molecular flexibility index (Phi) is 20.6. The van der Waals surface area contributed by atoms with Crippen LogP contribution in [0.5, 0.6) is 0 Å². The zero-order chi connectivity index (χ0) is 50.7. The number of aliphatic hydroxyl groups excluding tert-OH is 1. The molecule has 0 spiro atoms. The van der Waals surface area contributed by atoms with E-state index in [1.165, 1.54) is 14.0 Å². The molecule has 0 aromatic heterocycles. The zero-order valence-electron chi connectivity index (χ0n) is 45.2. The maximum atomic E-state index is 14.8. The molecular weight excluding hydrogens is 885 g/mol. The molecule has 0 saturated carbocycles. The predicted molar refractivity (Wildman–Crippen MR) is 260 cm³/mol. The molecule has 3 saturated heterocycles. The lowest BCUT2D eigenvalue weighted by Gasteiger charge is -2.51. The molecule has 3 aliphatic heterocycles. The molecule has 18 heteroatoms. The lowest BCUT2D eigenvalue weighted by atomic mass is 9.73. The van der Waals surface area contributed by atoms with E-state index in [4.69, 9.17) is 51.6 Å². The third kappa shape index (κ3) is 14.7. The minimum atomic E-state index is -2.19. The van der Waals surface area contributed by atoms with E-state index in [1.54, 1.807) is 48.8 Å². The highest BCUT2D eigenvalue weighted by Gasteiger charge is 2.55. The molecular formula is C48H94N2O14Si2. The predicted octanol–water partition coefficient (Wildman–Crippen LogP) is 7.34. The number of esters is 1. The molecule has 18 atom stereocenters. The van der Waals surface area contributed by atoms with Crippen molar-refractivity contribution in [2.24, 2.45) is 28.8 Å². The summed E-state index contributed by atoms with van der Waals surface area (Å²) in [5.41, 5.74) is -3.44. The standard InChI is InChI=1S/C48H94N2O14Si2/c1-24-35-48(12,53)40(51)30(4)37(49-64-45(8,9)54-15)28(2)26-46(10,55-16)41(61-44-39(62-65(18,19)20)34(50(13)14)25-29(3)57-44)31(5)38(32(6)43(52)59-35)60-36-27-47(11,56-17)42(33(7)58-36)63-66(21,22)23/h28-36,38-42,44,51,53H,24-27H2,1-23H3/b49-37-/t28-,29-,30+,31+,32-,33+,34+,35?,36+,38+,39-,40-,41-,42+,44+,46-,47-,48-/m1/s1. The molecule has 0 amide bonds. The van der Waals surface area contributed by atoms with Gasteiger partial charge in [-0.2, -0.15) is 0 Å². The lowest BCUT2D eigenvalue weighted by molar-refractivity contribution is -0.316.